The molecule has 0 amide bonds. The van der Waals surface area contributed by atoms with Crippen LogP contribution in [0.25, 0.3) is 6.08 Å². The van der Waals surface area contributed by atoms with Crippen molar-refractivity contribution in [2.75, 3.05) is 0 Å². The van der Waals surface area contributed by atoms with Crippen molar-refractivity contribution in [3.05, 3.63) is 40.4 Å². The summed E-state index contributed by atoms with van der Waals surface area (Å²) in [6.45, 7) is 2.27. The number of rotatable bonds is 17. The number of halogens is 1. The van der Waals surface area contributed by atoms with Gasteiger partial charge in [0.15, 0.2) is 0 Å². The van der Waals surface area contributed by atoms with Gasteiger partial charge in [-0.1, -0.05) is 120 Å². The molecule has 2 nitrogen and oxygen atoms in total. The summed E-state index contributed by atoms with van der Waals surface area (Å²) >= 11 is 5.89. The van der Waals surface area contributed by atoms with Gasteiger partial charge in [-0.05, 0) is 30.5 Å². The minimum Gasteiger partial charge on any atom is -0.478 e. The summed E-state index contributed by atoms with van der Waals surface area (Å²) in [6.07, 6.45) is 24.4. The highest BCUT2D eigenvalue weighted by molar-refractivity contribution is 6.33. The van der Waals surface area contributed by atoms with Gasteiger partial charge in [0.25, 0.3) is 0 Å². The van der Waals surface area contributed by atoms with Crippen molar-refractivity contribution in [1.29, 1.82) is 0 Å². The molecule has 0 aromatic heterocycles. The van der Waals surface area contributed by atoms with Gasteiger partial charge in [0.2, 0.25) is 0 Å². The average molecular weight is 407 g/mol. The first-order valence-electron chi connectivity index (χ1n) is 11.3. The molecule has 3 heteroatoms. The Labute approximate surface area is 177 Å². The molecule has 0 aliphatic rings. The Bertz CT molecular complexity index is 566. The Morgan fingerprint density at radius 2 is 1.36 bits per heavy atom. The highest BCUT2D eigenvalue weighted by Crippen LogP contribution is 2.19. The molecule has 28 heavy (non-hydrogen) atoms. The Kier molecular flexibility index (Phi) is 14.7. The second-order valence-electron chi connectivity index (χ2n) is 7.83. The van der Waals surface area contributed by atoms with Crippen molar-refractivity contribution in [3.63, 3.8) is 0 Å². The van der Waals surface area contributed by atoms with E-state index >= 15 is 0 Å². The van der Waals surface area contributed by atoms with E-state index in [9.17, 15) is 4.79 Å². The van der Waals surface area contributed by atoms with Gasteiger partial charge >= 0.3 is 5.97 Å². The number of benzene rings is 1. The molecule has 0 aliphatic carbocycles. The fourth-order valence-corrected chi connectivity index (χ4v) is 3.68. The van der Waals surface area contributed by atoms with Crippen LogP contribution in [0.15, 0.2) is 24.3 Å². The lowest BCUT2D eigenvalue weighted by Gasteiger charge is -2.03. The molecule has 0 saturated heterocycles. The molecule has 0 fully saturated rings. The molecule has 1 aromatic carbocycles. The zero-order valence-electron chi connectivity index (χ0n) is 17.7. The van der Waals surface area contributed by atoms with Crippen LogP contribution < -0.4 is 0 Å². The molecular weight excluding hydrogens is 368 g/mol. The molecule has 0 radical (unpaired) electrons. The normalized spacial score (nSPS) is 11.4. The van der Waals surface area contributed by atoms with Gasteiger partial charge in [-0.3, -0.25) is 0 Å². The summed E-state index contributed by atoms with van der Waals surface area (Å²) in [6, 6.07) is 5.14. The molecular formula is C25H39ClO2. The lowest BCUT2D eigenvalue weighted by Crippen LogP contribution is -1.97. The van der Waals surface area contributed by atoms with Gasteiger partial charge in [-0.15, -0.1) is 0 Å². The summed E-state index contributed by atoms with van der Waals surface area (Å²) in [5.74, 6) is -0.979. The number of hydrogen-bond acceptors (Lipinski definition) is 1. The maximum atomic E-state index is 11.1. The Hall–Kier alpha value is -1.28. The molecule has 0 spiro atoms. The van der Waals surface area contributed by atoms with Crippen LogP contribution in [-0.4, -0.2) is 11.1 Å². The minimum absolute atomic E-state index is 0.167. The van der Waals surface area contributed by atoms with Crippen LogP contribution in [0.2, 0.25) is 5.02 Å². The number of carboxylic acid groups (broad SMARTS) is 1. The average Bonchev–Trinajstić information content (AvgIpc) is 2.68. The highest BCUT2D eigenvalue weighted by atomic mass is 35.5. The molecule has 1 aromatic rings. The first kappa shape index (κ1) is 24.8. The second-order valence-corrected chi connectivity index (χ2v) is 8.24. The summed E-state index contributed by atoms with van der Waals surface area (Å²) in [4.78, 5) is 11.1. The van der Waals surface area contributed by atoms with Crippen LogP contribution in [0.3, 0.4) is 0 Å². The summed E-state index contributed by atoms with van der Waals surface area (Å²) < 4.78 is 0. The topological polar surface area (TPSA) is 37.3 Å². The summed E-state index contributed by atoms with van der Waals surface area (Å²) in [5.41, 5.74) is 1.06. The van der Waals surface area contributed by atoms with Gasteiger partial charge in [0.1, 0.15) is 0 Å². The van der Waals surface area contributed by atoms with Gasteiger partial charge in [-0.2, -0.15) is 0 Å². The zero-order valence-corrected chi connectivity index (χ0v) is 18.5. The fourth-order valence-electron chi connectivity index (χ4n) is 3.49. The number of hydrogen-bond donors (Lipinski definition) is 1. The number of aromatic carboxylic acids is 1. The van der Waals surface area contributed by atoms with Crippen LogP contribution >= 0.6 is 11.6 Å². The van der Waals surface area contributed by atoms with Crippen LogP contribution in [0.1, 0.15) is 119 Å². The van der Waals surface area contributed by atoms with Crippen LogP contribution in [0.5, 0.6) is 0 Å². The van der Waals surface area contributed by atoms with Gasteiger partial charge in [-0.25, -0.2) is 4.79 Å². The van der Waals surface area contributed by atoms with Gasteiger partial charge in [0, 0.05) is 0 Å². The molecule has 0 bridgehead atoms. The maximum absolute atomic E-state index is 11.1. The van der Waals surface area contributed by atoms with E-state index in [1.807, 2.05) is 12.1 Å². The third kappa shape index (κ3) is 12.2. The quantitative estimate of drug-likeness (QED) is 0.262. The Morgan fingerprint density at radius 3 is 1.86 bits per heavy atom. The van der Waals surface area contributed by atoms with Crippen molar-refractivity contribution < 1.29 is 9.90 Å². The lowest BCUT2D eigenvalue weighted by molar-refractivity contribution is 0.0697. The largest absolute Gasteiger partial charge is 0.478 e. The van der Waals surface area contributed by atoms with E-state index in [2.05, 4.69) is 13.0 Å². The highest BCUT2D eigenvalue weighted by Gasteiger charge is 2.07. The van der Waals surface area contributed by atoms with Crippen molar-refractivity contribution >= 4 is 23.6 Å². The van der Waals surface area contributed by atoms with Gasteiger partial charge < -0.3 is 5.11 Å². The molecule has 0 aliphatic heterocycles. The Balaban J connectivity index is 1.95. The summed E-state index contributed by atoms with van der Waals surface area (Å²) in [5, 5.41) is 9.38. The number of allylic oxidation sites excluding steroid dienone is 1. The standard InChI is InChI=1S/C25H39ClO2/c1-2-3-4-5-6-7-8-9-10-11-12-13-14-15-16-17-18-22-19-20-24(26)23(21-22)25(27)28/h17-21H,2-16H2,1H3,(H,27,28). The van der Waals surface area contributed by atoms with Crippen LogP contribution in [0.4, 0.5) is 0 Å². The van der Waals surface area contributed by atoms with Crippen LogP contribution in [-0.2, 0) is 0 Å². The molecule has 0 heterocycles. The van der Waals surface area contributed by atoms with Crippen molar-refractivity contribution in [3.8, 4) is 0 Å². The van der Waals surface area contributed by atoms with Crippen LogP contribution in [0, 0.1) is 0 Å². The smallest absolute Gasteiger partial charge is 0.337 e. The SMILES string of the molecule is CCCCCCCCCCCCCCCCC=Cc1ccc(Cl)c(C(=O)O)c1. The fraction of sp³-hybridized carbons (Fsp3) is 0.640. The predicted molar refractivity (Wildman–Crippen MR) is 122 cm³/mol. The molecule has 158 valence electrons. The lowest BCUT2D eigenvalue weighted by atomic mass is 10.0. The first-order valence-corrected chi connectivity index (χ1v) is 11.7. The first-order chi connectivity index (χ1) is 13.6. The maximum Gasteiger partial charge on any atom is 0.337 e. The van der Waals surface area contributed by atoms with E-state index in [1.54, 1.807) is 12.1 Å². The van der Waals surface area contributed by atoms with E-state index in [1.165, 1.54) is 89.9 Å². The molecule has 0 unspecified atom stereocenters. The zero-order chi connectivity index (χ0) is 20.5. The number of unbranched alkanes of at least 4 members (excludes halogenated alkanes) is 14. The second kappa shape index (κ2) is 16.7. The van der Waals surface area contributed by atoms with E-state index in [-0.39, 0.29) is 10.6 Å². The van der Waals surface area contributed by atoms with Crippen molar-refractivity contribution in [2.24, 2.45) is 0 Å². The third-order valence-corrected chi connectivity index (χ3v) is 5.59. The molecule has 0 atom stereocenters. The molecule has 0 saturated carbocycles. The van der Waals surface area contributed by atoms with E-state index in [4.69, 9.17) is 16.7 Å². The summed E-state index contributed by atoms with van der Waals surface area (Å²) in [7, 11) is 0. The Morgan fingerprint density at radius 1 is 0.857 bits per heavy atom. The van der Waals surface area contributed by atoms with E-state index in [0.29, 0.717) is 0 Å². The van der Waals surface area contributed by atoms with Crippen molar-refractivity contribution in [1.82, 2.24) is 0 Å². The van der Waals surface area contributed by atoms with E-state index in [0.717, 1.165) is 12.0 Å². The number of carboxylic acids is 1. The molecule has 1 rings (SSSR count). The van der Waals surface area contributed by atoms with Crippen molar-refractivity contribution in [2.45, 2.75) is 103 Å². The number of carbonyl (C=O) groups is 1. The minimum atomic E-state index is -0.979. The third-order valence-electron chi connectivity index (χ3n) is 5.26. The van der Waals surface area contributed by atoms with Gasteiger partial charge in [0.05, 0.1) is 10.6 Å². The monoisotopic (exact) mass is 406 g/mol. The predicted octanol–water partition coefficient (Wildman–Crippen LogP) is 8.92. The van der Waals surface area contributed by atoms with E-state index < -0.39 is 5.97 Å². The molecule has 1 N–H and O–H groups in total.